The van der Waals surface area contributed by atoms with Gasteiger partial charge in [0.2, 0.25) is 6.41 Å². The lowest BCUT2D eigenvalue weighted by atomic mass is 9.69. The third-order valence-electron chi connectivity index (χ3n) is 5.74. The maximum Gasteiger partial charge on any atom is 0.215 e. The Labute approximate surface area is 130 Å². The fourth-order valence-electron chi connectivity index (χ4n) is 4.74. The molecule has 122 valence electrons. The van der Waals surface area contributed by atoms with Gasteiger partial charge in [-0.05, 0) is 31.6 Å². The molecule has 2 heterocycles. The minimum atomic E-state index is -0.912. The van der Waals surface area contributed by atoms with Gasteiger partial charge >= 0.3 is 0 Å². The predicted octanol–water partition coefficient (Wildman–Crippen LogP) is -0.0729. The van der Waals surface area contributed by atoms with Crippen LogP contribution in [0.2, 0.25) is 0 Å². The zero-order chi connectivity index (χ0) is 15.2. The molecule has 0 aromatic heterocycles. The Bertz CT molecular complexity index is 386. The number of likely N-dealkylation sites (tertiary alicyclic amines) is 2. The van der Waals surface area contributed by atoms with Gasteiger partial charge in [-0.1, -0.05) is 0 Å². The SMILES string of the molecule is COC(O)N1CCC2(C1)CN(C(N)O)C1CCC(Cl)CC12. The summed E-state index contributed by atoms with van der Waals surface area (Å²) in [4.78, 5) is 3.98. The molecule has 0 amide bonds. The smallest absolute Gasteiger partial charge is 0.215 e. The first-order valence-corrected chi connectivity index (χ1v) is 8.19. The minimum Gasteiger partial charge on any atom is -0.365 e. The standard InChI is InChI=1S/C14H26ClN3O3/c1-21-13(20)17-5-4-14(7-17)8-18(12(16)19)11-3-2-9(15)6-10(11)14/h9-13,19-20H,2-8,16H2,1H3. The second-order valence-corrected chi connectivity index (χ2v) is 7.43. The van der Waals surface area contributed by atoms with Crippen LogP contribution in [-0.4, -0.2) is 70.9 Å². The molecule has 1 spiro atoms. The number of methoxy groups -OCH3 is 1. The van der Waals surface area contributed by atoms with Crippen LogP contribution in [0.1, 0.15) is 25.7 Å². The number of halogens is 1. The number of alkyl halides is 1. The largest absolute Gasteiger partial charge is 0.365 e. The molecule has 21 heavy (non-hydrogen) atoms. The van der Waals surface area contributed by atoms with E-state index in [1.165, 1.54) is 7.11 Å². The number of fused-ring (bicyclic) bond motifs is 2. The van der Waals surface area contributed by atoms with Gasteiger partial charge in [0.1, 0.15) is 0 Å². The monoisotopic (exact) mass is 319 g/mol. The second kappa shape index (κ2) is 5.92. The first-order chi connectivity index (χ1) is 9.97. The minimum absolute atomic E-state index is 0.0537. The fraction of sp³-hybridized carbons (Fsp3) is 1.00. The molecule has 6 atom stereocenters. The van der Waals surface area contributed by atoms with E-state index in [1.54, 1.807) is 0 Å². The molecule has 7 heteroatoms. The summed E-state index contributed by atoms with van der Waals surface area (Å²) < 4.78 is 5.04. The quantitative estimate of drug-likeness (QED) is 0.499. The average Bonchev–Trinajstić information content (AvgIpc) is 3.02. The Kier molecular flexibility index (Phi) is 4.49. The molecule has 0 radical (unpaired) electrons. The number of ether oxygens (including phenoxy) is 1. The van der Waals surface area contributed by atoms with Crippen LogP contribution in [0.15, 0.2) is 0 Å². The molecule has 2 saturated heterocycles. The fourth-order valence-corrected chi connectivity index (χ4v) is 5.06. The Balaban J connectivity index is 1.81. The van der Waals surface area contributed by atoms with Crippen LogP contribution >= 0.6 is 11.6 Å². The molecule has 0 aromatic carbocycles. The van der Waals surface area contributed by atoms with Gasteiger partial charge in [0, 0.05) is 43.6 Å². The number of rotatable bonds is 3. The van der Waals surface area contributed by atoms with Crippen LogP contribution in [-0.2, 0) is 4.74 Å². The van der Waals surface area contributed by atoms with Crippen molar-refractivity contribution in [3.63, 3.8) is 0 Å². The highest BCUT2D eigenvalue weighted by atomic mass is 35.5. The predicted molar refractivity (Wildman–Crippen MR) is 79.3 cm³/mol. The number of nitrogens with zero attached hydrogens (tertiary/aromatic N) is 2. The lowest BCUT2D eigenvalue weighted by molar-refractivity contribution is -0.172. The van der Waals surface area contributed by atoms with Crippen molar-refractivity contribution in [2.75, 3.05) is 26.7 Å². The van der Waals surface area contributed by atoms with E-state index in [-0.39, 0.29) is 10.8 Å². The molecule has 3 aliphatic rings. The van der Waals surface area contributed by atoms with Crippen molar-refractivity contribution in [1.29, 1.82) is 0 Å². The van der Waals surface area contributed by atoms with E-state index < -0.39 is 12.8 Å². The molecule has 6 unspecified atom stereocenters. The van der Waals surface area contributed by atoms with Crippen LogP contribution in [0.3, 0.4) is 0 Å². The van der Waals surface area contributed by atoms with Gasteiger partial charge in [0.15, 0.2) is 6.35 Å². The first kappa shape index (κ1) is 15.9. The summed E-state index contributed by atoms with van der Waals surface area (Å²) in [5, 5.41) is 20.0. The molecule has 0 aromatic rings. The molecule has 2 aliphatic heterocycles. The molecule has 1 aliphatic carbocycles. The van der Waals surface area contributed by atoms with E-state index >= 15 is 0 Å². The Morgan fingerprint density at radius 1 is 1.33 bits per heavy atom. The van der Waals surface area contributed by atoms with Crippen LogP contribution < -0.4 is 5.73 Å². The van der Waals surface area contributed by atoms with Crippen LogP contribution in [0.5, 0.6) is 0 Å². The average molecular weight is 320 g/mol. The van der Waals surface area contributed by atoms with Crippen LogP contribution in [0, 0.1) is 11.3 Å². The normalized spacial score (nSPS) is 44.1. The van der Waals surface area contributed by atoms with Crippen molar-refractivity contribution in [1.82, 2.24) is 9.80 Å². The Morgan fingerprint density at radius 3 is 2.76 bits per heavy atom. The van der Waals surface area contributed by atoms with Crippen molar-refractivity contribution in [3.8, 4) is 0 Å². The van der Waals surface area contributed by atoms with E-state index in [0.717, 1.165) is 45.3 Å². The second-order valence-electron chi connectivity index (χ2n) is 6.81. The molecule has 0 bridgehead atoms. The van der Waals surface area contributed by atoms with Crippen molar-refractivity contribution in [2.45, 2.75) is 49.9 Å². The zero-order valence-corrected chi connectivity index (χ0v) is 13.2. The van der Waals surface area contributed by atoms with E-state index in [1.807, 2.05) is 9.80 Å². The molecular weight excluding hydrogens is 294 g/mol. The maximum absolute atomic E-state index is 9.91. The summed E-state index contributed by atoms with van der Waals surface area (Å²) in [6, 6.07) is 0.305. The van der Waals surface area contributed by atoms with Crippen molar-refractivity contribution < 1.29 is 14.9 Å². The van der Waals surface area contributed by atoms with Crippen molar-refractivity contribution >= 4 is 11.6 Å². The van der Waals surface area contributed by atoms with Gasteiger partial charge in [-0.15, -0.1) is 11.6 Å². The van der Waals surface area contributed by atoms with Crippen LogP contribution in [0.25, 0.3) is 0 Å². The van der Waals surface area contributed by atoms with Gasteiger partial charge in [-0.2, -0.15) is 0 Å². The van der Waals surface area contributed by atoms with Gasteiger partial charge in [0.05, 0.1) is 0 Å². The molecule has 3 rings (SSSR count). The van der Waals surface area contributed by atoms with E-state index in [4.69, 9.17) is 22.1 Å². The van der Waals surface area contributed by atoms with E-state index in [9.17, 15) is 10.2 Å². The highest BCUT2D eigenvalue weighted by molar-refractivity contribution is 6.20. The van der Waals surface area contributed by atoms with Gasteiger partial charge in [0.25, 0.3) is 0 Å². The number of hydrogen-bond donors (Lipinski definition) is 3. The molecule has 1 saturated carbocycles. The lowest BCUT2D eigenvalue weighted by Crippen LogP contribution is -2.47. The third-order valence-corrected chi connectivity index (χ3v) is 6.13. The topological polar surface area (TPSA) is 82.2 Å². The molecule has 6 nitrogen and oxygen atoms in total. The summed E-state index contributed by atoms with van der Waals surface area (Å²) in [7, 11) is 1.51. The summed E-state index contributed by atoms with van der Waals surface area (Å²) in [6.07, 6.45) is 2.15. The van der Waals surface area contributed by atoms with Gasteiger partial charge in [-0.25, -0.2) is 0 Å². The van der Waals surface area contributed by atoms with Gasteiger partial charge in [-0.3, -0.25) is 15.5 Å². The first-order valence-electron chi connectivity index (χ1n) is 7.75. The van der Waals surface area contributed by atoms with Crippen molar-refractivity contribution in [2.24, 2.45) is 17.1 Å². The summed E-state index contributed by atoms with van der Waals surface area (Å²) in [6.45, 7) is 2.35. The zero-order valence-electron chi connectivity index (χ0n) is 12.5. The summed E-state index contributed by atoms with van der Waals surface area (Å²) in [5.74, 6) is 0.431. The van der Waals surface area contributed by atoms with Crippen LogP contribution in [0.4, 0.5) is 0 Å². The summed E-state index contributed by atoms with van der Waals surface area (Å²) in [5.41, 5.74) is 5.83. The number of hydrogen-bond acceptors (Lipinski definition) is 6. The highest BCUT2D eigenvalue weighted by Gasteiger charge is 2.57. The van der Waals surface area contributed by atoms with Gasteiger partial charge < -0.3 is 14.9 Å². The number of nitrogens with two attached hydrogens (primary N) is 1. The summed E-state index contributed by atoms with van der Waals surface area (Å²) >= 11 is 6.40. The molecular formula is C14H26ClN3O3. The third kappa shape index (κ3) is 2.72. The molecule has 4 N–H and O–H groups in total. The molecule has 3 fully saturated rings. The lowest BCUT2D eigenvalue weighted by Gasteiger charge is -2.38. The van der Waals surface area contributed by atoms with E-state index in [0.29, 0.717) is 12.0 Å². The van der Waals surface area contributed by atoms with Crippen molar-refractivity contribution in [3.05, 3.63) is 0 Å². The maximum atomic E-state index is 9.91. The van der Waals surface area contributed by atoms with E-state index in [2.05, 4.69) is 0 Å². The number of aliphatic hydroxyl groups excluding tert-OH is 2. The highest BCUT2D eigenvalue weighted by Crippen LogP contribution is 2.53. The Morgan fingerprint density at radius 2 is 2.10 bits per heavy atom. The number of aliphatic hydroxyl groups is 2. The Hall–Kier alpha value is 0.0500.